The normalized spacial score (nSPS) is 10.8. The van der Waals surface area contributed by atoms with E-state index in [2.05, 4.69) is 34.2 Å². The van der Waals surface area contributed by atoms with E-state index in [0.29, 0.717) is 12.5 Å². The number of hydrogen-bond acceptors (Lipinski definition) is 4. The fraction of sp³-hybridized carbons (Fsp3) is 0.385. The van der Waals surface area contributed by atoms with Crippen LogP contribution in [0.1, 0.15) is 6.42 Å². The van der Waals surface area contributed by atoms with Crippen LogP contribution in [0, 0.1) is 0 Å². The Morgan fingerprint density at radius 3 is 2.78 bits per heavy atom. The third-order valence-electron chi connectivity index (χ3n) is 2.55. The number of aromatic nitrogens is 3. The van der Waals surface area contributed by atoms with Crippen LogP contribution in [0.5, 0.6) is 5.88 Å². The molecule has 0 aliphatic heterocycles. The van der Waals surface area contributed by atoms with Crippen LogP contribution in [0.15, 0.2) is 30.6 Å². The highest BCUT2D eigenvalue weighted by Crippen LogP contribution is 2.19. The standard InChI is InChI=1S/C13H18N4O/c1-17(2)8-3-9-18-13-10-12(15-16-13)11-4-6-14-7-5-11/h4-7,10H,3,8-9H2,1-2H3,(H,15,16). The number of aromatic amines is 1. The molecule has 0 aromatic carbocycles. The Morgan fingerprint density at radius 1 is 1.28 bits per heavy atom. The molecule has 2 heterocycles. The summed E-state index contributed by atoms with van der Waals surface area (Å²) >= 11 is 0. The van der Waals surface area contributed by atoms with Crippen molar-refractivity contribution in [2.24, 2.45) is 0 Å². The highest BCUT2D eigenvalue weighted by atomic mass is 16.5. The molecule has 18 heavy (non-hydrogen) atoms. The lowest BCUT2D eigenvalue weighted by Crippen LogP contribution is -2.15. The Kier molecular flexibility index (Phi) is 4.30. The van der Waals surface area contributed by atoms with Crippen molar-refractivity contribution in [1.29, 1.82) is 0 Å². The van der Waals surface area contributed by atoms with Gasteiger partial charge in [0, 0.05) is 30.6 Å². The minimum absolute atomic E-state index is 0.639. The minimum Gasteiger partial charge on any atom is -0.477 e. The minimum atomic E-state index is 0.639. The maximum Gasteiger partial charge on any atom is 0.233 e. The van der Waals surface area contributed by atoms with E-state index in [1.165, 1.54) is 0 Å². The first-order chi connectivity index (χ1) is 8.75. The summed E-state index contributed by atoms with van der Waals surface area (Å²) in [7, 11) is 4.10. The third-order valence-corrected chi connectivity index (χ3v) is 2.55. The zero-order chi connectivity index (χ0) is 12.8. The first-order valence-corrected chi connectivity index (χ1v) is 5.99. The molecule has 0 fully saturated rings. The van der Waals surface area contributed by atoms with E-state index in [1.807, 2.05) is 18.2 Å². The third kappa shape index (κ3) is 3.56. The zero-order valence-corrected chi connectivity index (χ0v) is 10.8. The fourth-order valence-electron chi connectivity index (χ4n) is 1.61. The molecule has 0 bridgehead atoms. The van der Waals surface area contributed by atoms with Gasteiger partial charge in [0.2, 0.25) is 5.88 Å². The van der Waals surface area contributed by atoms with E-state index < -0.39 is 0 Å². The molecule has 0 amide bonds. The lowest BCUT2D eigenvalue weighted by atomic mass is 10.2. The molecule has 0 aliphatic carbocycles. The van der Waals surface area contributed by atoms with Crippen molar-refractivity contribution in [2.75, 3.05) is 27.2 Å². The van der Waals surface area contributed by atoms with Crippen LogP contribution < -0.4 is 4.74 Å². The molecule has 0 saturated heterocycles. The van der Waals surface area contributed by atoms with Crippen molar-refractivity contribution < 1.29 is 4.74 Å². The largest absolute Gasteiger partial charge is 0.477 e. The molecule has 96 valence electrons. The summed E-state index contributed by atoms with van der Waals surface area (Å²) in [5, 5.41) is 7.09. The molecule has 0 unspecified atom stereocenters. The van der Waals surface area contributed by atoms with Crippen molar-refractivity contribution in [3.63, 3.8) is 0 Å². The summed E-state index contributed by atoms with van der Waals surface area (Å²) in [6, 6.07) is 5.78. The Balaban J connectivity index is 1.87. The van der Waals surface area contributed by atoms with E-state index in [1.54, 1.807) is 12.4 Å². The molecule has 2 aromatic rings. The van der Waals surface area contributed by atoms with Crippen LogP contribution >= 0.6 is 0 Å². The van der Waals surface area contributed by atoms with Crippen molar-refractivity contribution >= 4 is 0 Å². The number of rotatable bonds is 6. The van der Waals surface area contributed by atoms with Crippen LogP contribution in [0.25, 0.3) is 11.3 Å². The molecule has 0 aliphatic rings. The summed E-state index contributed by atoms with van der Waals surface area (Å²) in [5.41, 5.74) is 2.00. The number of H-pyrrole nitrogens is 1. The van der Waals surface area contributed by atoms with Gasteiger partial charge in [0.1, 0.15) is 0 Å². The van der Waals surface area contributed by atoms with E-state index >= 15 is 0 Å². The number of nitrogens with zero attached hydrogens (tertiary/aromatic N) is 3. The predicted molar refractivity (Wildman–Crippen MR) is 70.5 cm³/mol. The van der Waals surface area contributed by atoms with Crippen molar-refractivity contribution in [3.05, 3.63) is 30.6 Å². The fourth-order valence-corrected chi connectivity index (χ4v) is 1.61. The molecule has 5 nitrogen and oxygen atoms in total. The van der Waals surface area contributed by atoms with Gasteiger partial charge in [-0.3, -0.25) is 10.1 Å². The molecule has 0 atom stereocenters. The van der Waals surface area contributed by atoms with Gasteiger partial charge >= 0.3 is 0 Å². The van der Waals surface area contributed by atoms with Gasteiger partial charge in [0.25, 0.3) is 0 Å². The molecule has 1 N–H and O–H groups in total. The number of nitrogens with one attached hydrogen (secondary N) is 1. The molecular weight excluding hydrogens is 228 g/mol. The van der Waals surface area contributed by atoms with E-state index in [-0.39, 0.29) is 0 Å². The van der Waals surface area contributed by atoms with E-state index in [0.717, 1.165) is 24.2 Å². The van der Waals surface area contributed by atoms with Crippen molar-refractivity contribution in [2.45, 2.75) is 6.42 Å². The lowest BCUT2D eigenvalue weighted by Gasteiger charge is -2.08. The first kappa shape index (κ1) is 12.6. The summed E-state index contributed by atoms with van der Waals surface area (Å²) in [4.78, 5) is 6.12. The highest BCUT2D eigenvalue weighted by molar-refractivity contribution is 5.58. The summed E-state index contributed by atoms with van der Waals surface area (Å²) in [5.74, 6) is 0.639. The van der Waals surface area contributed by atoms with Gasteiger partial charge in [-0.1, -0.05) is 0 Å². The molecule has 0 spiro atoms. The second-order valence-electron chi connectivity index (χ2n) is 4.36. The number of ether oxygens (including phenoxy) is 1. The Labute approximate surface area is 107 Å². The van der Waals surface area contributed by atoms with Gasteiger partial charge in [0.15, 0.2) is 0 Å². The van der Waals surface area contributed by atoms with E-state index in [4.69, 9.17) is 4.74 Å². The van der Waals surface area contributed by atoms with Gasteiger partial charge in [-0.05, 0) is 32.6 Å². The highest BCUT2D eigenvalue weighted by Gasteiger charge is 2.03. The van der Waals surface area contributed by atoms with Crippen LogP contribution in [-0.4, -0.2) is 47.3 Å². The second kappa shape index (κ2) is 6.16. The zero-order valence-electron chi connectivity index (χ0n) is 10.8. The molecular formula is C13H18N4O. The summed E-state index contributed by atoms with van der Waals surface area (Å²) in [6.07, 6.45) is 4.51. The molecule has 2 rings (SSSR count). The van der Waals surface area contributed by atoms with Crippen molar-refractivity contribution in [1.82, 2.24) is 20.1 Å². The quantitative estimate of drug-likeness (QED) is 0.790. The summed E-state index contributed by atoms with van der Waals surface area (Å²) in [6.45, 7) is 1.69. The smallest absolute Gasteiger partial charge is 0.233 e. The monoisotopic (exact) mass is 246 g/mol. The van der Waals surface area contributed by atoms with Crippen LogP contribution in [-0.2, 0) is 0 Å². The lowest BCUT2D eigenvalue weighted by molar-refractivity contribution is 0.273. The first-order valence-electron chi connectivity index (χ1n) is 5.99. The Morgan fingerprint density at radius 2 is 2.06 bits per heavy atom. The van der Waals surface area contributed by atoms with Gasteiger partial charge in [-0.15, -0.1) is 5.10 Å². The molecule has 2 aromatic heterocycles. The number of hydrogen-bond donors (Lipinski definition) is 1. The second-order valence-corrected chi connectivity index (χ2v) is 4.36. The van der Waals surface area contributed by atoms with Gasteiger partial charge in [-0.25, -0.2) is 0 Å². The van der Waals surface area contributed by atoms with Gasteiger partial charge < -0.3 is 9.64 Å². The SMILES string of the molecule is CN(C)CCCOc1cc(-c2ccncc2)[nH]n1. The Hall–Kier alpha value is -1.88. The Bertz CT molecular complexity index is 467. The molecule has 0 radical (unpaired) electrons. The average Bonchev–Trinajstić information content (AvgIpc) is 2.84. The summed E-state index contributed by atoms with van der Waals surface area (Å²) < 4.78 is 5.57. The maximum absolute atomic E-state index is 5.57. The maximum atomic E-state index is 5.57. The van der Waals surface area contributed by atoms with Crippen LogP contribution in [0.4, 0.5) is 0 Å². The topological polar surface area (TPSA) is 54.0 Å². The number of pyridine rings is 1. The van der Waals surface area contributed by atoms with Gasteiger partial charge in [0.05, 0.1) is 12.3 Å². The van der Waals surface area contributed by atoms with Crippen molar-refractivity contribution in [3.8, 4) is 17.1 Å². The molecule has 5 heteroatoms. The predicted octanol–water partition coefficient (Wildman–Crippen LogP) is 1.80. The van der Waals surface area contributed by atoms with Crippen LogP contribution in [0.3, 0.4) is 0 Å². The van der Waals surface area contributed by atoms with E-state index in [9.17, 15) is 0 Å². The average molecular weight is 246 g/mol. The van der Waals surface area contributed by atoms with Gasteiger partial charge in [-0.2, -0.15) is 0 Å². The molecule has 0 saturated carbocycles. The van der Waals surface area contributed by atoms with Crippen LogP contribution in [0.2, 0.25) is 0 Å².